The summed E-state index contributed by atoms with van der Waals surface area (Å²) in [4.78, 5) is 2.50. The molecule has 0 radical (unpaired) electrons. The highest BCUT2D eigenvalue weighted by molar-refractivity contribution is 4.85. The van der Waals surface area contributed by atoms with Crippen molar-refractivity contribution in [3.8, 4) is 0 Å². The zero-order chi connectivity index (χ0) is 14.8. The van der Waals surface area contributed by atoms with Crippen molar-refractivity contribution in [3.63, 3.8) is 0 Å². The van der Waals surface area contributed by atoms with Crippen LogP contribution in [0.25, 0.3) is 0 Å². The number of aliphatic hydroxyl groups excluding tert-OH is 1. The molecule has 2 N–H and O–H groups in total. The summed E-state index contributed by atoms with van der Waals surface area (Å²) >= 11 is 0. The molecule has 0 aromatic heterocycles. The summed E-state index contributed by atoms with van der Waals surface area (Å²) in [7, 11) is 2.26. The van der Waals surface area contributed by atoms with E-state index in [1.807, 2.05) is 0 Å². The highest BCUT2D eigenvalue weighted by Gasteiger charge is 2.28. The Morgan fingerprint density at radius 2 is 2.00 bits per heavy atom. The van der Waals surface area contributed by atoms with Gasteiger partial charge in [-0.2, -0.15) is 0 Å². The first-order valence-corrected chi connectivity index (χ1v) is 8.70. The van der Waals surface area contributed by atoms with Gasteiger partial charge in [-0.3, -0.25) is 0 Å². The minimum absolute atomic E-state index is 0.340. The van der Waals surface area contributed by atoms with Gasteiger partial charge < -0.3 is 15.3 Å². The molecule has 0 saturated heterocycles. The van der Waals surface area contributed by atoms with Crippen LogP contribution < -0.4 is 5.32 Å². The molecular formula is C17H36N2O. The molecule has 0 amide bonds. The normalized spacial score (nSPS) is 27.1. The molecule has 3 unspecified atom stereocenters. The van der Waals surface area contributed by atoms with Crippen LogP contribution in [0.1, 0.15) is 58.8 Å². The summed E-state index contributed by atoms with van der Waals surface area (Å²) in [5.74, 6) is 1.70. The van der Waals surface area contributed by atoms with Gasteiger partial charge in [0.15, 0.2) is 0 Å². The number of aliphatic hydroxyl groups is 1. The van der Waals surface area contributed by atoms with E-state index >= 15 is 0 Å². The second-order valence-electron chi connectivity index (χ2n) is 6.79. The quantitative estimate of drug-likeness (QED) is 0.606. The van der Waals surface area contributed by atoms with Crippen molar-refractivity contribution < 1.29 is 5.11 Å². The molecule has 120 valence electrons. The monoisotopic (exact) mass is 284 g/mol. The number of unbranched alkanes of at least 4 members (excludes halogenated alkanes) is 2. The standard InChI is InChI=1S/C17H36N2O/c1-4-10-18-17-9-8-15(2)13-16(17)14-19(3)11-6-5-7-12-20/h15-18,20H,4-14H2,1-3H3. The zero-order valence-corrected chi connectivity index (χ0v) is 13.9. The summed E-state index contributed by atoms with van der Waals surface area (Å²) in [5.41, 5.74) is 0. The van der Waals surface area contributed by atoms with Gasteiger partial charge in [-0.05, 0) is 76.9 Å². The van der Waals surface area contributed by atoms with Crippen molar-refractivity contribution >= 4 is 0 Å². The predicted octanol–water partition coefficient (Wildman–Crippen LogP) is 2.89. The largest absolute Gasteiger partial charge is 0.396 e. The van der Waals surface area contributed by atoms with Gasteiger partial charge in [-0.1, -0.05) is 13.8 Å². The Bertz CT molecular complexity index is 233. The third kappa shape index (κ3) is 7.05. The molecule has 1 aliphatic rings. The maximum Gasteiger partial charge on any atom is 0.0431 e. The number of hydrogen-bond acceptors (Lipinski definition) is 3. The van der Waals surface area contributed by atoms with Crippen LogP contribution in [0.2, 0.25) is 0 Å². The average Bonchev–Trinajstić information content (AvgIpc) is 2.43. The molecular weight excluding hydrogens is 248 g/mol. The number of hydrogen-bond donors (Lipinski definition) is 2. The zero-order valence-electron chi connectivity index (χ0n) is 13.9. The van der Waals surface area contributed by atoms with E-state index in [1.54, 1.807) is 0 Å². The first kappa shape index (κ1) is 17.9. The maximum absolute atomic E-state index is 8.82. The third-order valence-corrected chi connectivity index (χ3v) is 4.65. The Labute approximate surface area is 126 Å². The molecule has 0 aliphatic heterocycles. The Balaban J connectivity index is 2.31. The van der Waals surface area contributed by atoms with Gasteiger partial charge in [0.25, 0.3) is 0 Å². The predicted molar refractivity (Wildman–Crippen MR) is 87.0 cm³/mol. The minimum atomic E-state index is 0.340. The van der Waals surface area contributed by atoms with Gasteiger partial charge in [0, 0.05) is 19.2 Å². The SMILES string of the molecule is CCCNC1CCC(C)CC1CN(C)CCCCCO. The molecule has 0 aromatic carbocycles. The van der Waals surface area contributed by atoms with Gasteiger partial charge in [-0.15, -0.1) is 0 Å². The minimum Gasteiger partial charge on any atom is -0.396 e. The van der Waals surface area contributed by atoms with Crippen LogP contribution in [0.3, 0.4) is 0 Å². The second-order valence-corrected chi connectivity index (χ2v) is 6.79. The van der Waals surface area contributed by atoms with Gasteiger partial charge in [0.1, 0.15) is 0 Å². The lowest BCUT2D eigenvalue weighted by atomic mass is 9.78. The molecule has 20 heavy (non-hydrogen) atoms. The third-order valence-electron chi connectivity index (χ3n) is 4.65. The summed E-state index contributed by atoms with van der Waals surface area (Å²) < 4.78 is 0. The van der Waals surface area contributed by atoms with E-state index in [0.717, 1.165) is 37.3 Å². The first-order chi connectivity index (χ1) is 9.67. The summed E-state index contributed by atoms with van der Waals surface area (Å²) in [6.45, 7) is 8.56. The Morgan fingerprint density at radius 3 is 2.70 bits per heavy atom. The van der Waals surface area contributed by atoms with Crippen LogP contribution in [-0.2, 0) is 0 Å². The van der Waals surface area contributed by atoms with Gasteiger partial charge in [0.2, 0.25) is 0 Å². The van der Waals surface area contributed by atoms with E-state index in [0.29, 0.717) is 6.61 Å². The van der Waals surface area contributed by atoms with Crippen LogP contribution in [0.5, 0.6) is 0 Å². The van der Waals surface area contributed by atoms with Crippen molar-refractivity contribution in [2.24, 2.45) is 11.8 Å². The second kappa shape index (κ2) is 10.6. The fraction of sp³-hybridized carbons (Fsp3) is 1.00. The van der Waals surface area contributed by atoms with E-state index in [9.17, 15) is 0 Å². The Hall–Kier alpha value is -0.120. The van der Waals surface area contributed by atoms with Crippen LogP contribution in [-0.4, -0.2) is 49.3 Å². The van der Waals surface area contributed by atoms with Crippen molar-refractivity contribution in [1.82, 2.24) is 10.2 Å². The maximum atomic E-state index is 8.82. The first-order valence-electron chi connectivity index (χ1n) is 8.70. The van der Waals surface area contributed by atoms with Crippen molar-refractivity contribution in [2.45, 2.75) is 64.8 Å². The molecule has 3 nitrogen and oxygen atoms in total. The molecule has 1 fully saturated rings. The van der Waals surface area contributed by atoms with Crippen LogP contribution in [0.15, 0.2) is 0 Å². The molecule has 0 heterocycles. The van der Waals surface area contributed by atoms with Crippen LogP contribution >= 0.6 is 0 Å². The number of nitrogens with one attached hydrogen (secondary N) is 1. The van der Waals surface area contributed by atoms with E-state index in [1.165, 1.54) is 45.2 Å². The Kier molecular flexibility index (Phi) is 9.49. The summed E-state index contributed by atoms with van der Waals surface area (Å²) in [6, 6.07) is 0.728. The van der Waals surface area contributed by atoms with Gasteiger partial charge >= 0.3 is 0 Å². The smallest absolute Gasteiger partial charge is 0.0431 e. The summed E-state index contributed by atoms with van der Waals surface area (Å²) in [5, 5.41) is 12.6. The molecule has 3 atom stereocenters. The number of rotatable bonds is 10. The molecule has 0 aromatic rings. The lowest BCUT2D eigenvalue weighted by molar-refractivity contribution is 0.158. The lowest BCUT2D eigenvalue weighted by Gasteiger charge is -2.37. The molecule has 0 spiro atoms. The van der Waals surface area contributed by atoms with E-state index < -0.39 is 0 Å². The topological polar surface area (TPSA) is 35.5 Å². The molecule has 1 rings (SSSR count). The fourth-order valence-corrected chi connectivity index (χ4v) is 3.46. The van der Waals surface area contributed by atoms with Crippen molar-refractivity contribution in [1.29, 1.82) is 0 Å². The molecule has 0 bridgehead atoms. The summed E-state index contributed by atoms with van der Waals surface area (Å²) in [6.07, 6.45) is 8.67. The van der Waals surface area contributed by atoms with Gasteiger partial charge in [0.05, 0.1) is 0 Å². The molecule has 3 heteroatoms. The van der Waals surface area contributed by atoms with Crippen molar-refractivity contribution in [2.75, 3.05) is 33.3 Å². The van der Waals surface area contributed by atoms with Gasteiger partial charge in [-0.25, -0.2) is 0 Å². The number of nitrogens with zero attached hydrogens (tertiary/aromatic N) is 1. The van der Waals surface area contributed by atoms with Crippen LogP contribution in [0.4, 0.5) is 0 Å². The average molecular weight is 284 g/mol. The fourth-order valence-electron chi connectivity index (χ4n) is 3.46. The van der Waals surface area contributed by atoms with E-state index in [-0.39, 0.29) is 0 Å². The van der Waals surface area contributed by atoms with E-state index in [4.69, 9.17) is 5.11 Å². The lowest BCUT2D eigenvalue weighted by Crippen LogP contribution is -2.45. The van der Waals surface area contributed by atoms with Crippen molar-refractivity contribution in [3.05, 3.63) is 0 Å². The van der Waals surface area contributed by atoms with E-state index in [2.05, 4.69) is 31.1 Å². The molecule has 1 aliphatic carbocycles. The molecule has 1 saturated carbocycles. The Morgan fingerprint density at radius 1 is 1.20 bits per heavy atom. The van der Waals surface area contributed by atoms with Crippen LogP contribution in [0, 0.1) is 11.8 Å². The highest BCUT2D eigenvalue weighted by Crippen LogP contribution is 2.29. The highest BCUT2D eigenvalue weighted by atomic mass is 16.2.